The molecule has 0 aliphatic rings. The number of ether oxygens (including phenoxy) is 4. The van der Waals surface area contributed by atoms with Crippen molar-refractivity contribution < 1.29 is 23.7 Å². The van der Waals surface area contributed by atoms with Crippen molar-refractivity contribution in [1.82, 2.24) is 0 Å². The van der Waals surface area contributed by atoms with E-state index in [4.69, 9.17) is 14.2 Å². The second-order valence-corrected chi connectivity index (χ2v) is 2.81. The lowest BCUT2D eigenvalue weighted by Gasteiger charge is -2.09. The Labute approximate surface area is 84.3 Å². The Morgan fingerprint density at radius 3 is 2.50 bits per heavy atom. The summed E-state index contributed by atoms with van der Waals surface area (Å²) in [6, 6.07) is 0. The lowest BCUT2D eigenvalue weighted by molar-refractivity contribution is -0.149. The monoisotopic (exact) mass is 206 g/mol. The van der Waals surface area contributed by atoms with E-state index in [1.165, 1.54) is 7.11 Å². The minimum Gasteiger partial charge on any atom is -0.469 e. The quantitative estimate of drug-likeness (QED) is 0.327. The zero-order valence-corrected chi connectivity index (χ0v) is 8.95. The summed E-state index contributed by atoms with van der Waals surface area (Å²) in [5.74, 6) is -0.534. The molecule has 1 atom stereocenters. The molecule has 0 heterocycles. The predicted octanol–water partition coefficient (Wildman–Crippen LogP) is 0.433. The van der Waals surface area contributed by atoms with Gasteiger partial charge in [-0.05, 0) is 6.92 Å². The van der Waals surface area contributed by atoms with Gasteiger partial charge in [-0.25, -0.2) is 0 Å². The molecule has 0 saturated carbocycles. The minimum absolute atomic E-state index is 0.171. The Bertz CT molecular complexity index is 148. The van der Waals surface area contributed by atoms with E-state index in [-0.39, 0.29) is 18.7 Å². The number of rotatable bonds is 8. The molecule has 0 spiro atoms. The van der Waals surface area contributed by atoms with Crippen molar-refractivity contribution in [2.75, 3.05) is 40.8 Å². The van der Waals surface area contributed by atoms with E-state index >= 15 is 0 Å². The summed E-state index contributed by atoms with van der Waals surface area (Å²) >= 11 is 0. The molecule has 0 fully saturated rings. The summed E-state index contributed by atoms with van der Waals surface area (Å²) in [4.78, 5) is 10.9. The Kier molecular flexibility index (Phi) is 8.51. The molecule has 0 amide bonds. The summed E-state index contributed by atoms with van der Waals surface area (Å²) in [7, 11) is 2.96. The van der Waals surface area contributed by atoms with Gasteiger partial charge in [0, 0.05) is 7.11 Å². The van der Waals surface area contributed by atoms with Crippen molar-refractivity contribution in [1.29, 1.82) is 0 Å². The van der Waals surface area contributed by atoms with Gasteiger partial charge in [-0.15, -0.1) is 0 Å². The smallest absolute Gasteiger partial charge is 0.310 e. The van der Waals surface area contributed by atoms with E-state index in [1.54, 1.807) is 14.0 Å². The summed E-state index contributed by atoms with van der Waals surface area (Å²) < 4.78 is 19.4. The van der Waals surface area contributed by atoms with Gasteiger partial charge in [-0.3, -0.25) is 4.79 Å². The molecule has 14 heavy (non-hydrogen) atoms. The van der Waals surface area contributed by atoms with Gasteiger partial charge in [0.2, 0.25) is 0 Å². The second-order valence-electron chi connectivity index (χ2n) is 2.81. The summed E-state index contributed by atoms with van der Waals surface area (Å²) in [6.07, 6.45) is 0. The van der Waals surface area contributed by atoms with Gasteiger partial charge in [0.25, 0.3) is 0 Å². The Morgan fingerprint density at radius 1 is 1.21 bits per heavy atom. The number of carbonyl (C=O) groups is 1. The zero-order chi connectivity index (χ0) is 10.8. The van der Waals surface area contributed by atoms with Crippen LogP contribution < -0.4 is 0 Å². The molecule has 0 saturated heterocycles. The van der Waals surface area contributed by atoms with E-state index in [0.717, 1.165) is 0 Å². The van der Waals surface area contributed by atoms with Gasteiger partial charge in [0.05, 0.1) is 32.8 Å². The largest absolute Gasteiger partial charge is 0.469 e. The highest BCUT2D eigenvalue weighted by atomic mass is 16.7. The second kappa shape index (κ2) is 8.93. The van der Waals surface area contributed by atoms with Crippen LogP contribution >= 0.6 is 0 Å². The van der Waals surface area contributed by atoms with Gasteiger partial charge in [-0.2, -0.15) is 0 Å². The zero-order valence-electron chi connectivity index (χ0n) is 8.95. The third kappa shape index (κ3) is 6.82. The lowest BCUT2D eigenvalue weighted by atomic mass is 10.2. The topological polar surface area (TPSA) is 54.0 Å². The molecule has 0 aromatic rings. The Balaban J connectivity index is 3.23. The highest BCUT2D eigenvalue weighted by molar-refractivity contribution is 5.71. The number of carbonyl (C=O) groups excluding carboxylic acids is 1. The number of methoxy groups -OCH3 is 2. The minimum atomic E-state index is -0.276. The first-order chi connectivity index (χ1) is 6.72. The molecular weight excluding hydrogens is 188 g/mol. The van der Waals surface area contributed by atoms with E-state index in [0.29, 0.717) is 19.8 Å². The maximum atomic E-state index is 10.9. The van der Waals surface area contributed by atoms with Gasteiger partial charge >= 0.3 is 5.97 Å². The van der Waals surface area contributed by atoms with Crippen molar-refractivity contribution in [2.24, 2.45) is 5.92 Å². The highest BCUT2D eigenvalue weighted by Crippen LogP contribution is 1.98. The van der Waals surface area contributed by atoms with Crippen LogP contribution in [0.4, 0.5) is 0 Å². The first kappa shape index (κ1) is 13.4. The van der Waals surface area contributed by atoms with E-state index in [2.05, 4.69) is 4.74 Å². The van der Waals surface area contributed by atoms with Crippen LogP contribution in [-0.4, -0.2) is 46.8 Å². The predicted molar refractivity (Wildman–Crippen MR) is 49.8 cm³/mol. The van der Waals surface area contributed by atoms with Gasteiger partial charge in [0.1, 0.15) is 6.79 Å². The first-order valence-corrected chi connectivity index (χ1v) is 4.44. The molecule has 0 bridgehead atoms. The fraction of sp³-hybridized carbons (Fsp3) is 0.889. The normalized spacial score (nSPS) is 12.5. The van der Waals surface area contributed by atoms with Crippen molar-refractivity contribution in [3.8, 4) is 0 Å². The molecular formula is C9H18O5. The van der Waals surface area contributed by atoms with Crippen molar-refractivity contribution in [2.45, 2.75) is 6.92 Å². The van der Waals surface area contributed by atoms with Crippen molar-refractivity contribution in [3.63, 3.8) is 0 Å². The first-order valence-electron chi connectivity index (χ1n) is 4.44. The van der Waals surface area contributed by atoms with Gasteiger partial charge in [0.15, 0.2) is 0 Å². The van der Waals surface area contributed by atoms with Crippen LogP contribution in [0.5, 0.6) is 0 Å². The molecule has 0 unspecified atom stereocenters. The van der Waals surface area contributed by atoms with Crippen LogP contribution in [0, 0.1) is 5.92 Å². The molecule has 5 nitrogen and oxygen atoms in total. The molecule has 0 aromatic carbocycles. The Morgan fingerprint density at radius 2 is 1.93 bits per heavy atom. The van der Waals surface area contributed by atoms with E-state index in [9.17, 15) is 4.79 Å². The third-order valence-electron chi connectivity index (χ3n) is 1.57. The Hall–Kier alpha value is -0.650. The van der Waals surface area contributed by atoms with Crippen LogP contribution in [0.3, 0.4) is 0 Å². The summed E-state index contributed by atoms with van der Waals surface area (Å²) in [6.45, 7) is 3.24. The summed E-state index contributed by atoms with van der Waals surface area (Å²) in [5, 5.41) is 0. The van der Waals surface area contributed by atoms with Crippen LogP contribution in [-0.2, 0) is 23.7 Å². The lowest BCUT2D eigenvalue weighted by Crippen LogP contribution is -2.19. The van der Waals surface area contributed by atoms with E-state index in [1.807, 2.05) is 0 Å². The molecule has 0 aromatic heterocycles. The number of hydrogen-bond donors (Lipinski definition) is 0. The van der Waals surface area contributed by atoms with Crippen LogP contribution in [0.15, 0.2) is 0 Å². The fourth-order valence-electron chi connectivity index (χ4n) is 0.754. The molecule has 0 rings (SSSR count). The van der Waals surface area contributed by atoms with Crippen molar-refractivity contribution in [3.05, 3.63) is 0 Å². The highest BCUT2D eigenvalue weighted by Gasteiger charge is 2.12. The molecule has 0 N–H and O–H groups in total. The molecule has 84 valence electrons. The van der Waals surface area contributed by atoms with Gasteiger partial charge in [-0.1, -0.05) is 0 Å². The maximum Gasteiger partial charge on any atom is 0.310 e. The molecule has 5 heteroatoms. The molecule has 0 radical (unpaired) electrons. The van der Waals surface area contributed by atoms with Crippen LogP contribution in [0.25, 0.3) is 0 Å². The average Bonchev–Trinajstić information content (AvgIpc) is 2.21. The van der Waals surface area contributed by atoms with Crippen LogP contribution in [0.2, 0.25) is 0 Å². The SMILES string of the molecule is COCCOCOC[C@H](C)C(=O)OC. The maximum absolute atomic E-state index is 10.9. The number of esters is 1. The van der Waals surface area contributed by atoms with Crippen molar-refractivity contribution >= 4 is 5.97 Å². The van der Waals surface area contributed by atoms with Crippen LogP contribution in [0.1, 0.15) is 6.92 Å². The van der Waals surface area contributed by atoms with Gasteiger partial charge < -0.3 is 18.9 Å². The number of hydrogen-bond acceptors (Lipinski definition) is 5. The molecule has 0 aliphatic heterocycles. The van der Waals surface area contributed by atoms with E-state index < -0.39 is 0 Å². The standard InChI is InChI=1S/C9H18O5/c1-8(9(10)12-3)6-14-7-13-5-4-11-2/h8H,4-7H2,1-3H3/t8-/m0/s1. The summed E-state index contributed by atoms with van der Waals surface area (Å²) in [5.41, 5.74) is 0. The third-order valence-corrected chi connectivity index (χ3v) is 1.57. The molecule has 0 aliphatic carbocycles. The fourth-order valence-corrected chi connectivity index (χ4v) is 0.754. The average molecular weight is 206 g/mol.